The highest BCUT2D eigenvalue weighted by Crippen LogP contribution is 2.26. The monoisotopic (exact) mass is 412 g/mol. The summed E-state index contributed by atoms with van der Waals surface area (Å²) in [6.45, 7) is 3.91. The van der Waals surface area contributed by atoms with Crippen LogP contribution in [0.4, 0.5) is 0 Å². The van der Waals surface area contributed by atoms with Gasteiger partial charge in [0.05, 0.1) is 0 Å². The van der Waals surface area contributed by atoms with E-state index in [0.717, 1.165) is 16.5 Å². The van der Waals surface area contributed by atoms with Crippen LogP contribution in [0, 0.1) is 5.41 Å². The maximum Gasteiger partial charge on any atom is 0.187 e. The van der Waals surface area contributed by atoms with Gasteiger partial charge in [-0.1, -0.05) is 29.8 Å². The van der Waals surface area contributed by atoms with Gasteiger partial charge in [-0.05, 0) is 41.8 Å². The van der Waals surface area contributed by atoms with Gasteiger partial charge in [-0.3, -0.25) is 14.8 Å². The van der Waals surface area contributed by atoms with Crippen LogP contribution in [0.1, 0.15) is 35.5 Å². The number of ketones is 1. The van der Waals surface area contributed by atoms with Crippen LogP contribution < -0.4 is 0 Å². The first-order valence-corrected chi connectivity index (χ1v) is 7.60. The number of carbonyl (C=O) groups is 1. The molecule has 0 atom stereocenters. The molecule has 0 aliphatic heterocycles. The van der Waals surface area contributed by atoms with E-state index in [0.29, 0.717) is 12.1 Å². The van der Waals surface area contributed by atoms with Gasteiger partial charge in [0.2, 0.25) is 0 Å². The Morgan fingerprint density at radius 2 is 1.76 bits per heavy atom. The number of pyridine rings is 2. The molecule has 112 valence electrons. The molecule has 0 spiro atoms. The Morgan fingerprint density at radius 3 is 2.38 bits per heavy atom. The predicted octanol–water partition coefficient (Wildman–Crippen LogP) is 4.40. The molecule has 0 N–H and O–H groups in total. The van der Waals surface area contributed by atoms with E-state index >= 15 is 0 Å². The number of halogens is 2. The number of aromatic nitrogens is 2. The molecule has 2 aromatic heterocycles. The molecule has 0 amide bonds. The molecule has 2 rings (SSSR count). The van der Waals surface area contributed by atoms with Crippen molar-refractivity contribution >= 4 is 38.7 Å². The third kappa shape index (κ3) is 4.71. The van der Waals surface area contributed by atoms with E-state index in [-0.39, 0.29) is 22.8 Å². The van der Waals surface area contributed by atoms with E-state index in [1.807, 2.05) is 38.1 Å². The minimum atomic E-state index is -0.487. The van der Waals surface area contributed by atoms with Crippen LogP contribution in [0.5, 0.6) is 0 Å². The summed E-state index contributed by atoms with van der Waals surface area (Å²) >= 11 is 3.40. The summed E-state index contributed by atoms with van der Waals surface area (Å²) in [7, 11) is 0. The Hall–Kier alpha value is -1.07. The molecule has 0 saturated heterocycles. The highest BCUT2D eigenvalue weighted by atomic mass is 79.9. The summed E-state index contributed by atoms with van der Waals surface area (Å²) in [6, 6.07) is 7.64. The summed E-state index contributed by atoms with van der Waals surface area (Å²) < 4.78 is 0. The number of alkyl halides is 1. The molecule has 2 heterocycles. The lowest BCUT2D eigenvalue weighted by molar-refractivity contribution is 0.0832. The molecule has 0 fully saturated rings. The highest BCUT2D eigenvalue weighted by Gasteiger charge is 2.29. The van der Waals surface area contributed by atoms with Gasteiger partial charge in [-0.15, -0.1) is 17.0 Å². The van der Waals surface area contributed by atoms with Crippen molar-refractivity contribution in [1.29, 1.82) is 0 Å². The molecule has 0 saturated carbocycles. The van der Waals surface area contributed by atoms with Crippen LogP contribution in [0.3, 0.4) is 0 Å². The first kappa shape index (κ1) is 18.0. The van der Waals surface area contributed by atoms with Crippen molar-refractivity contribution in [2.75, 3.05) is 0 Å². The van der Waals surface area contributed by atoms with Crippen molar-refractivity contribution in [2.45, 2.75) is 25.6 Å². The molecule has 0 unspecified atom stereocenters. The average molecular weight is 414 g/mol. The standard InChI is InChI=1S/C16H17BrN2O.BrH/c1-16(2,10-12-3-6-18-7-4-12)15(20)14-9-13(11-17)5-8-19-14;/h3-9H,10-11H2,1-2H3;1H. The van der Waals surface area contributed by atoms with E-state index in [2.05, 4.69) is 25.9 Å². The van der Waals surface area contributed by atoms with Gasteiger partial charge < -0.3 is 0 Å². The van der Waals surface area contributed by atoms with Crippen LogP contribution >= 0.6 is 32.9 Å². The van der Waals surface area contributed by atoms with Gasteiger partial charge >= 0.3 is 0 Å². The normalized spacial score (nSPS) is 10.8. The third-order valence-corrected chi connectivity index (χ3v) is 3.87. The molecule has 0 radical (unpaired) electrons. The largest absolute Gasteiger partial charge is 0.292 e. The molecule has 5 heteroatoms. The number of hydrogen-bond acceptors (Lipinski definition) is 3. The molecular weight excluding hydrogens is 396 g/mol. The van der Waals surface area contributed by atoms with E-state index in [4.69, 9.17) is 0 Å². The molecular formula is C16H18Br2N2O. The molecule has 0 aromatic carbocycles. The SMILES string of the molecule is Br.CC(C)(Cc1ccncc1)C(=O)c1cc(CBr)ccn1. The number of hydrogen-bond donors (Lipinski definition) is 0. The van der Waals surface area contributed by atoms with E-state index in [1.54, 1.807) is 18.6 Å². The Morgan fingerprint density at radius 1 is 1.14 bits per heavy atom. The Kier molecular flexibility index (Phi) is 6.68. The highest BCUT2D eigenvalue weighted by molar-refractivity contribution is 9.08. The van der Waals surface area contributed by atoms with Gasteiger partial charge in [0.25, 0.3) is 0 Å². The number of rotatable bonds is 5. The first-order chi connectivity index (χ1) is 9.53. The zero-order chi connectivity index (χ0) is 14.6. The van der Waals surface area contributed by atoms with Crippen molar-refractivity contribution < 1.29 is 4.79 Å². The zero-order valence-electron chi connectivity index (χ0n) is 12.0. The summed E-state index contributed by atoms with van der Waals surface area (Å²) in [4.78, 5) is 20.9. The quantitative estimate of drug-likeness (QED) is 0.538. The lowest BCUT2D eigenvalue weighted by Crippen LogP contribution is -2.27. The summed E-state index contributed by atoms with van der Waals surface area (Å²) in [5.41, 5.74) is 2.21. The summed E-state index contributed by atoms with van der Waals surface area (Å²) in [5, 5.41) is 0.723. The maximum atomic E-state index is 12.6. The van der Waals surface area contributed by atoms with Crippen molar-refractivity contribution in [3.05, 3.63) is 59.7 Å². The number of Topliss-reactive ketones (excluding diaryl/α,β-unsaturated/α-hetero) is 1. The minimum absolute atomic E-state index is 0. The second-order valence-corrected chi connectivity index (χ2v) is 5.99. The van der Waals surface area contributed by atoms with E-state index in [9.17, 15) is 4.79 Å². The second kappa shape index (κ2) is 7.80. The van der Waals surface area contributed by atoms with Gasteiger partial charge in [0.1, 0.15) is 5.69 Å². The Bertz CT molecular complexity index is 600. The van der Waals surface area contributed by atoms with E-state index < -0.39 is 5.41 Å². The van der Waals surface area contributed by atoms with Crippen molar-refractivity contribution in [2.24, 2.45) is 5.41 Å². The predicted molar refractivity (Wildman–Crippen MR) is 93.2 cm³/mol. The maximum absolute atomic E-state index is 12.6. The van der Waals surface area contributed by atoms with Crippen LogP contribution in [-0.4, -0.2) is 15.8 Å². The van der Waals surface area contributed by atoms with Crippen LogP contribution in [0.25, 0.3) is 0 Å². The molecule has 3 nitrogen and oxygen atoms in total. The van der Waals surface area contributed by atoms with E-state index in [1.165, 1.54) is 0 Å². The van der Waals surface area contributed by atoms with Crippen molar-refractivity contribution in [1.82, 2.24) is 9.97 Å². The second-order valence-electron chi connectivity index (χ2n) is 5.43. The van der Waals surface area contributed by atoms with Crippen LogP contribution in [0.2, 0.25) is 0 Å². The summed E-state index contributed by atoms with van der Waals surface area (Å²) in [6.07, 6.45) is 5.86. The average Bonchev–Trinajstić information content (AvgIpc) is 2.47. The first-order valence-electron chi connectivity index (χ1n) is 6.47. The lowest BCUT2D eigenvalue weighted by Gasteiger charge is -2.22. The van der Waals surface area contributed by atoms with Crippen molar-refractivity contribution in [3.8, 4) is 0 Å². The van der Waals surface area contributed by atoms with Gasteiger partial charge in [-0.2, -0.15) is 0 Å². The Labute approximate surface area is 144 Å². The van der Waals surface area contributed by atoms with Crippen LogP contribution in [0.15, 0.2) is 42.9 Å². The van der Waals surface area contributed by atoms with Crippen molar-refractivity contribution in [3.63, 3.8) is 0 Å². The van der Waals surface area contributed by atoms with Gasteiger partial charge in [0.15, 0.2) is 5.78 Å². The van der Waals surface area contributed by atoms with Gasteiger partial charge in [0, 0.05) is 29.3 Å². The van der Waals surface area contributed by atoms with Gasteiger partial charge in [-0.25, -0.2) is 0 Å². The molecule has 0 bridgehead atoms. The fourth-order valence-corrected chi connectivity index (χ4v) is 2.47. The molecule has 0 aliphatic carbocycles. The minimum Gasteiger partial charge on any atom is -0.292 e. The molecule has 2 aromatic rings. The smallest absolute Gasteiger partial charge is 0.187 e. The lowest BCUT2D eigenvalue weighted by atomic mass is 9.80. The fraction of sp³-hybridized carbons (Fsp3) is 0.312. The number of carbonyl (C=O) groups excluding carboxylic acids is 1. The zero-order valence-corrected chi connectivity index (χ0v) is 15.3. The Balaban J connectivity index is 0.00000220. The third-order valence-electron chi connectivity index (χ3n) is 3.22. The van der Waals surface area contributed by atoms with Crippen LogP contribution in [-0.2, 0) is 11.8 Å². The molecule has 21 heavy (non-hydrogen) atoms. The summed E-state index contributed by atoms with van der Waals surface area (Å²) in [5.74, 6) is 0.0668. The topological polar surface area (TPSA) is 42.9 Å². The fourth-order valence-electron chi connectivity index (χ4n) is 2.12. The number of nitrogens with zero attached hydrogens (tertiary/aromatic N) is 2. The molecule has 0 aliphatic rings.